The number of ether oxygens (including phenoxy) is 1. The molecule has 1 aliphatic rings. The molecule has 2 rings (SSSR count). The number of para-hydroxylation sites is 1. The third kappa shape index (κ3) is 2.27. The van der Waals surface area contributed by atoms with Gasteiger partial charge in [0.25, 0.3) is 0 Å². The molecule has 0 bridgehead atoms. The van der Waals surface area contributed by atoms with Gasteiger partial charge in [0.1, 0.15) is 16.2 Å². The van der Waals surface area contributed by atoms with Crippen LogP contribution < -0.4 is 10.1 Å². The molecule has 1 fully saturated rings. The molecule has 1 aromatic rings. The van der Waals surface area contributed by atoms with Crippen molar-refractivity contribution in [3.8, 4) is 5.75 Å². The van der Waals surface area contributed by atoms with Gasteiger partial charge in [-0.05, 0) is 26.0 Å². The van der Waals surface area contributed by atoms with E-state index in [0.29, 0.717) is 6.54 Å². The monoisotopic (exact) mass is 298 g/mol. The molecule has 1 heterocycles. The SMILES string of the molecule is COc1ccccc1S(=O)(=O)N1CCNC(=O)C1(C)C. The molecule has 0 aromatic heterocycles. The lowest BCUT2D eigenvalue weighted by molar-refractivity contribution is -0.131. The molecule has 110 valence electrons. The Kier molecular flexibility index (Phi) is 3.75. The van der Waals surface area contributed by atoms with Crippen LogP contribution in [0.15, 0.2) is 29.2 Å². The highest BCUT2D eigenvalue weighted by Gasteiger charge is 2.45. The number of nitrogens with zero attached hydrogens (tertiary/aromatic N) is 1. The van der Waals surface area contributed by atoms with Crippen LogP contribution in [-0.2, 0) is 14.8 Å². The number of carbonyl (C=O) groups is 1. The molecule has 1 N–H and O–H groups in total. The van der Waals surface area contributed by atoms with E-state index >= 15 is 0 Å². The standard InChI is InChI=1S/C13H18N2O4S/c1-13(2)12(16)14-8-9-15(13)20(17,18)11-7-5-4-6-10(11)19-3/h4-7H,8-9H2,1-3H3,(H,14,16). The van der Waals surface area contributed by atoms with E-state index in [2.05, 4.69) is 5.32 Å². The van der Waals surface area contributed by atoms with Gasteiger partial charge in [0.2, 0.25) is 15.9 Å². The largest absolute Gasteiger partial charge is 0.495 e. The van der Waals surface area contributed by atoms with Gasteiger partial charge in [0.15, 0.2) is 0 Å². The first-order valence-corrected chi connectivity index (χ1v) is 7.70. The fourth-order valence-corrected chi connectivity index (χ4v) is 4.16. The Morgan fingerprint density at radius 1 is 1.30 bits per heavy atom. The summed E-state index contributed by atoms with van der Waals surface area (Å²) in [5.74, 6) is -0.0310. The van der Waals surface area contributed by atoms with E-state index in [1.807, 2.05) is 0 Å². The van der Waals surface area contributed by atoms with Crippen molar-refractivity contribution >= 4 is 15.9 Å². The lowest BCUT2D eigenvalue weighted by Gasteiger charge is -2.39. The minimum atomic E-state index is -3.80. The fourth-order valence-electron chi connectivity index (χ4n) is 2.25. The molecule has 1 aliphatic heterocycles. The molecular weight excluding hydrogens is 280 g/mol. The average Bonchev–Trinajstić information content (AvgIpc) is 2.41. The van der Waals surface area contributed by atoms with Crippen molar-refractivity contribution < 1.29 is 17.9 Å². The first-order valence-electron chi connectivity index (χ1n) is 6.26. The second kappa shape index (κ2) is 5.06. The van der Waals surface area contributed by atoms with Gasteiger partial charge in [-0.15, -0.1) is 0 Å². The predicted octanol–water partition coefficient (Wildman–Crippen LogP) is 0.594. The van der Waals surface area contributed by atoms with Crippen molar-refractivity contribution in [3.63, 3.8) is 0 Å². The molecule has 0 aliphatic carbocycles. The Labute approximate surface area is 118 Å². The first kappa shape index (κ1) is 14.8. The normalized spacial score (nSPS) is 19.4. The highest BCUT2D eigenvalue weighted by molar-refractivity contribution is 7.89. The highest BCUT2D eigenvalue weighted by Crippen LogP contribution is 2.31. The van der Waals surface area contributed by atoms with Crippen molar-refractivity contribution in [2.75, 3.05) is 20.2 Å². The number of piperazine rings is 1. The van der Waals surface area contributed by atoms with Crippen LogP contribution in [0.25, 0.3) is 0 Å². The molecular formula is C13H18N2O4S. The van der Waals surface area contributed by atoms with Crippen LogP contribution in [0.1, 0.15) is 13.8 Å². The highest BCUT2D eigenvalue weighted by atomic mass is 32.2. The van der Waals surface area contributed by atoms with E-state index in [0.717, 1.165) is 0 Å². The minimum Gasteiger partial charge on any atom is -0.495 e. The Balaban J connectivity index is 2.52. The van der Waals surface area contributed by atoms with Crippen LogP contribution in [-0.4, -0.2) is 44.4 Å². The quantitative estimate of drug-likeness (QED) is 0.886. The lowest BCUT2D eigenvalue weighted by atomic mass is 10.0. The van der Waals surface area contributed by atoms with Crippen LogP contribution >= 0.6 is 0 Å². The summed E-state index contributed by atoms with van der Waals surface area (Å²) in [6.45, 7) is 3.72. The van der Waals surface area contributed by atoms with E-state index in [9.17, 15) is 13.2 Å². The number of nitrogens with one attached hydrogen (secondary N) is 1. The second-order valence-electron chi connectivity index (χ2n) is 5.04. The molecule has 6 nitrogen and oxygen atoms in total. The zero-order chi connectivity index (χ0) is 15.0. The number of amides is 1. The van der Waals surface area contributed by atoms with E-state index in [-0.39, 0.29) is 23.1 Å². The Bertz CT molecular complexity index is 625. The number of sulfonamides is 1. The number of benzene rings is 1. The molecule has 7 heteroatoms. The van der Waals surface area contributed by atoms with Gasteiger partial charge in [0.05, 0.1) is 7.11 Å². The van der Waals surface area contributed by atoms with Gasteiger partial charge in [-0.25, -0.2) is 8.42 Å². The summed E-state index contributed by atoms with van der Waals surface area (Å²) in [5.41, 5.74) is -1.13. The first-order chi connectivity index (χ1) is 9.31. The van der Waals surface area contributed by atoms with E-state index in [1.54, 1.807) is 32.0 Å². The van der Waals surface area contributed by atoms with Gasteiger partial charge in [-0.3, -0.25) is 4.79 Å². The van der Waals surface area contributed by atoms with Gasteiger partial charge < -0.3 is 10.1 Å². The third-order valence-corrected chi connectivity index (χ3v) is 5.53. The number of carbonyl (C=O) groups excluding carboxylic acids is 1. The smallest absolute Gasteiger partial charge is 0.247 e. The zero-order valence-corrected chi connectivity index (χ0v) is 12.5. The molecule has 0 radical (unpaired) electrons. The number of hydrogen-bond donors (Lipinski definition) is 1. The van der Waals surface area contributed by atoms with Crippen molar-refractivity contribution in [3.05, 3.63) is 24.3 Å². The number of methoxy groups -OCH3 is 1. The summed E-state index contributed by atoms with van der Waals surface area (Å²) in [6, 6.07) is 6.40. The summed E-state index contributed by atoms with van der Waals surface area (Å²) in [7, 11) is -2.38. The van der Waals surface area contributed by atoms with Gasteiger partial charge in [-0.2, -0.15) is 4.31 Å². The summed E-state index contributed by atoms with van der Waals surface area (Å²) in [6.07, 6.45) is 0. The minimum absolute atomic E-state index is 0.0743. The van der Waals surface area contributed by atoms with Crippen LogP contribution in [0.3, 0.4) is 0 Å². The maximum Gasteiger partial charge on any atom is 0.247 e. The summed E-state index contributed by atoms with van der Waals surface area (Å²) >= 11 is 0. The summed E-state index contributed by atoms with van der Waals surface area (Å²) in [5, 5.41) is 2.68. The zero-order valence-electron chi connectivity index (χ0n) is 11.7. The summed E-state index contributed by atoms with van der Waals surface area (Å²) < 4.78 is 31.9. The van der Waals surface area contributed by atoms with Gasteiger partial charge >= 0.3 is 0 Å². The predicted molar refractivity (Wildman–Crippen MR) is 74.0 cm³/mol. The van der Waals surface area contributed by atoms with E-state index in [1.165, 1.54) is 17.5 Å². The van der Waals surface area contributed by atoms with E-state index in [4.69, 9.17) is 4.74 Å². The van der Waals surface area contributed by atoms with Gasteiger partial charge in [0, 0.05) is 13.1 Å². The van der Waals surface area contributed by atoms with Crippen molar-refractivity contribution in [2.45, 2.75) is 24.3 Å². The Morgan fingerprint density at radius 3 is 2.60 bits per heavy atom. The maximum atomic E-state index is 12.8. The molecule has 1 amide bonds. The molecule has 1 saturated heterocycles. The van der Waals surface area contributed by atoms with Crippen LogP contribution in [0.4, 0.5) is 0 Å². The van der Waals surface area contributed by atoms with E-state index < -0.39 is 15.6 Å². The third-order valence-electron chi connectivity index (χ3n) is 3.42. The van der Waals surface area contributed by atoms with Crippen LogP contribution in [0.2, 0.25) is 0 Å². The molecule has 0 spiro atoms. The van der Waals surface area contributed by atoms with Gasteiger partial charge in [-0.1, -0.05) is 12.1 Å². The molecule has 20 heavy (non-hydrogen) atoms. The lowest BCUT2D eigenvalue weighted by Crippen LogP contribution is -2.63. The Hall–Kier alpha value is -1.60. The maximum absolute atomic E-state index is 12.8. The number of rotatable bonds is 3. The van der Waals surface area contributed by atoms with Crippen LogP contribution in [0.5, 0.6) is 5.75 Å². The van der Waals surface area contributed by atoms with Crippen molar-refractivity contribution in [1.29, 1.82) is 0 Å². The number of hydrogen-bond acceptors (Lipinski definition) is 4. The molecule has 0 unspecified atom stereocenters. The molecule has 0 atom stereocenters. The van der Waals surface area contributed by atoms with Crippen molar-refractivity contribution in [2.24, 2.45) is 0 Å². The fraction of sp³-hybridized carbons (Fsp3) is 0.462. The molecule has 0 saturated carbocycles. The second-order valence-corrected chi connectivity index (χ2v) is 6.87. The van der Waals surface area contributed by atoms with Crippen molar-refractivity contribution in [1.82, 2.24) is 9.62 Å². The average molecular weight is 298 g/mol. The van der Waals surface area contributed by atoms with Crippen LogP contribution in [0, 0.1) is 0 Å². The topological polar surface area (TPSA) is 75.7 Å². The molecule has 1 aromatic carbocycles. The summed E-state index contributed by atoms with van der Waals surface area (Å²) in [4.78, 5) is 12.0. The Morgan fingerprint density at radius 2 is 1.95 bits per heavy atom.